The molecule has 3 aromatic heterocycles. The fourth-order valence-electron chi connectivity index (χ4n) is 2.74. The summed E-state index contributed by atoms with van der Waals surface area (Å²) < 4.78 is 5.20. The van der Waals surface area contributed by atoms with Gasteiger partial charge in [-0.1, -0.05) is 13.8 Å². The van der Waals surface area contributed by atoms with E-state index in [-0.39, 0.29) is 18.3 Å². The molecule has 1 N–H and O–H groups in total. The van der Waals surface area contributed by atoms with E-state index in [9.17, 15) is 9.59 Å². The first kappa shape index (κ1) is 20.7. The molecule has 0 aromatic carbocycles. The number of thiazole rings is 1. The van der Waals surface area contributed by atoms with E-state index in [0.29, 0.717) is 23.1 Å². The number of amides is 1. The first-order valence-corrected chi connectivity index (χ1v) is 11.7. The van der Waals surface area contributed by atoms with E-state index in [1.54, 1.807) is 18.3 Å². The molecule has 3 heterocycles. The Balaban J connectivity index is 1.73. The lowest BCUT2D eigenvalue weighted by atomic mass is 10.0. The lowest BCUT2D eigenvalue weighted by Crippen LogP contribution is -2.17. The highest BCUT2D eigenvalue weighted by atomic mass is 32.1. The average molecular weight is 435 g/mol. The minimum absolute atomic E-state index is 0.167. The van der Waals surface area contributed by atoms with Crippen molar-refractivity contribution in [3.63, 3.8) is 0 Å². The first-order chi connectivity index (χ1) is 13.5. The van der Waals surface area contributed by atoms with Gasteiger partial charge in [-0.3, -0.25) is 4.79 Å². The third-order valence-electron chi connectivity index (χ3n) is 3.89. The van der Waals surface area contributed by atoms with Gasteiger partial charge in [-0.25, -0.2) is 9.78 Å². The standard InChI is InChI=1S/C20H22N2O3S3/c1-4-25-20(24)17-14(7-12(2)3)10-27-19(17)22-16(23)8-15-11-28-18(21-15)13-5-6-26-9-13/h5-6,9-12H,4,7-8H2,1-3H3,(H,22,23). The van der Waals surface area contributed by atoms with Gasteiger partial charge in [-0.15, -0.1) is 22.7 Å². The van der Waals surface area contributed by atoms with Gasteiger partial charge < -0.3 is 10.1 Å². The van der Waals surface area contributed by atoms with Crippen molar-refractivity contribution in [2.75, 3.05) is 11.9 Å². The van der Waals surface area contributed by atoms with Crippen LogP contribution in [-0.4, -0.2) is 23.5 Å². The number of hydrogen-bond donors (Lipinski definition) is 1. The number of carbonyl (C=O) groups excluding carboxylic acids is 2. The molecule has 28 heavy (non-hydrogen) atoms. The zero-order chi connectivity index (χ0) is 20.1. The molecule has 0 aliphatic carbocycles. The van der Waals surface area contributed by atoms with Crippen molar-refractivity contribution in [3.8, 4) is 10.6 Å². The molecule has 3 rings (SSSR count). The molecule has 0 saturated heterocycles. The monoisotopic (exact) mass is 434 g/mol. The molecular formula is C20H22N2O3S3. The van der Waals surface area contributed by atoms with Crippen LogP contribution in [0, 0.1) is 5.92 Å². The molecule has 0 radical (unpaired) electrons. The number of esters is 1. The van der Waals surface area contributed by atoms with Gasteiger partial charge in [0, 0.05) is 16.3 Å². The Morgan fingerprint density at radius 2 is 2.04 bits per heavy atom. The third kappa shape index (κ3) is 5.06. The number of nitrogens with zero attached hydrogens (tertiary/aromatic N) is 1. The number of nitrogens with one attached hydrogen (secondary N) is 1. The summed E-state index contributed by atoms with van der Waals surface area (Å²) in [5, 5.41) is 12.2. The Morgan fingerprint density at radius 1 is 1.21 bits per heavy atom. The van der Waals surface area contributed by atoms with Crippen LogP contribution >= 0.6 is 34.0 Å². The van der Waals surface area contributed by atoms with Gasteiger partial charge in [0.2, 0.25) is 5.91 Å². The van der Waals surface area contributed by atoms with Crippen molar-refractivity contribution in [1.82, 2.24) is 4.98 Å². The van der Waals surface area contributed by atoms with Crippen molar-refractivity contribution >= 4 is 50.9 Å². The third-order valence-corrected chi connectivity index (χ3v) is 6.46. The summed E-state index contributed by atoms with van der Waals surface area (Å²) in [5.41, 5.74) is 3.19. The molecule has 0 saturated carbocycles. The molecule has 0 spiro atoms. The van der Waals surface area contributed by atoms with Crippen LogP contribution in [0.3, 0.4) is 0 Å². The molecule has 0 aliphatic heterocycles. The zero-order valence-electron chi connectivity index (χ0n) is 16.0. The van der Waals surface area contributed by atoms with E-state index < -0.39 is 0 Å². The highest BCUT2D eigenvalue weighted by molar-refractivity contribution is 7.15. The maximum Gasteiger partial charge on any atom is 0.341 e. The van der Waals surface area contributed by atoms with Gasteiger partial charge in [-0.05, 0) is 41.7 Å². The highest BCUT2D eigenvalue weighted by Gasteiger charge is 2.22. The summed E-state index contributed by atoms with van der Waals surface area (Å²) in [6.45, 7) is 6.27. The maximum atomic E-state index is 12.6. The Labute approximate surface area is 176 Å². The summed E-state index contributed by atoms with van der Waals surface area (Å²) in [5.74, 6) is -0.175. The van der Waals surface area contributed by atoms with E-state index in [1.807, 2.05) is 27.6 Å². The van der Waals surface area contributed by atoms with E-state index >= 15 is 0 Å². The van der Waals surface area contributed by atoms with Crippen molar-refractivity contribution < 1.29 is 14.3 Å². The Hall–Kier alpha value is -2.03. The van der Waals surface area contributed by atoms with Crippen molar-refractivity contribution in [2.45, 2.75) is 33.6 Å². The number of ether oxygens (including phenoxy) is 1. The molecule has 0 fully saturated rings. The summed E-state index contributed by atoms with van der Waals surface area (Å²) in [6, 6.07) is 2.01. The SMILES string of the molecule is CCOC(=O)c1c(CC(C)C)csc1NC(=O)Cc1csc(-c2ccsc2)n1. The molecule has 1 amide bonds. The smallest absolute Gasteiger partial charge is 0.341 e. The highest BCUT2D eigenvalue weighted by Crippen LogP contribution is 2.31. The number of rotatable bonds is 8. The van der Waals surface area contributed by atoms with Gasteiger partial charge in [0.15, 0.2) is 0 Å². The Morgan fingerprint density at radius 3 is 2.71 bits per heavy atom. The predicted molar refractivity (Wildman–Crippen MR) is 117 cm³/mol. The van der Waals surface area contributed by atoms with Crippen LogP contribution in [0.5, 0.6) is 0 Å². The normalized spacial score (nSPS) is 11.0. The van der Waals surface area contributed by atoms with Crippen LogP contribution in [0.2, 0.25) is 0 Å². The van der Waals surface area contributed by atoms with Crippen molar-refractivity contribution in [2.24, 2.45) is 5.92 Å². The van der Waals surface area contributed by atoms with E-state index in [0.717, 1.165) is 28.2 Å². The number of aromatic nitrogens is 1. The van der Waals surface area contributed by atoms with Gasteiger partial charge >= 0.3 is 5.97 Å². The molecule has 0 aliphatic rings. The van der Waals surface area contributed by atoms with Crippen LogP contribution in [0.4, 0.5) is 5.00 Å². The second-order valence-electron chi connectivity index (χ2n) is 6.66. The number of anilines is 1. The summed E-state index contributed by atoms with van der Waals surface area (Å²) in [4.78, 5) is 29.5. The van der Waals surface area contributed by atoms with Crippen LogP contribution in [0.1, 0.15) is 42.4 Å². The molecule has 8 heteroatoms. The molecule has 0 bridgehead atoms. The van der Waals surface area contributed by atoms with Gasteiger partial charge in [-0.2, -0.15) is 11.3 Å². The average Bonchev–Trinajstić information content (AvgIpc) is 3.35. The van der Waals surface area contributed by atoms with Gasteiger partial charge in [0.05, 0.1) is 24.3 Å². The first-order valence-electron chi connectivity index (χ1n) is 9.02. The summed E-state index contributed by atoms with van der Waals surface area (Å²) >= 11 is 4.51. The van der Waals surface area contributed by atoms with E-state index in [1.165, 1.54) is 22.7 Å². The second-order valence-corrected chi connectivity index (χ2v) is 9.18. The molecule has 0 unspecified atom stereocenters. The van der Waals surface area contributed by atoms with Crippen LogP contribution < -0.4 is 5.32 Å². The summed E-state index contributed by atoms with van der Waals surface area (Å²) in [6.07, 6.45) is 0.928. The van der Waals surface area contributed by atoms with Crippen LogP contribution in [0.15, 0.2) is 27.6 Å². The van der Waals surface area contributed by atoms with Crippen molar-refractivity contribution in [1.29, 1.82) is 0 Å². The van der Waals surface area contributed by atoms with Crippen LogP contribution in [-0.2, 0) is 22.4 Å². The largest absolute Gasteiger partial charge is 0.462 e. The Kier molecular flexibility index (Phi) is 6.98. The molecule has 5 nitrogen and oxygen atoms in total. The molecule has 148 valence electrons. The molecule has 0 atom stereocenters. The zero-order valence-corrected chi connectivity index (χ0v) is 18.4. The minimum Gasteiger partial charge on any atom is -0.462 e. The Bertz CT molecular complexity index is 942. The lowest BCUT2D eigenvalue weighted by Gasteiger charge is -2.09. The van der Waals surface area contributed by atoms with Gasteiger partial charge in [0.1, 0.15) is 10.0 Å². The predicted octanol–water partition coefficient (Wildman–Crippen LogP) is 5.49. The number of hydrogen-bond acceptors (Lipinski definition) is 7. The second kappa shape index (κ2) is 9.45. The maximum absolute atomic E-state index is 12.6. The van der Waals surface area contributed by atoms with E-state index in [4.69, 9.17) is 4.74 Å². The molecule has 3 aromatic rings. The fourth-order valence-corrected chi connectivity index (χ4v) is 5.26. The van der Waals surface area contributed by atoms with E-state index in [2.05, 4.69) is 24.1 Å². The number of thiophene rings is 2. The topological polar surface area (TPSA) is 68.3 Å². The minimum atomic E-state index is -0.386. The quantitative estimate of drug-likeness (QED) is 0.476. The number of carbonyl (C=O) groups is 2. The van der Waals surface area contributed by atoms with Crippen molar-refractivity contribution in [3.05, 3.63) is 44.4 Å². The van der Waals surface area contributed by atoms with Crippen LogP contribution in [0.25, 0.3) is 10.6 Å². The van der Waals surface area contributed by atoms with Gasteiger partial charge in [0.25, 0.3) is 0 Å². The molecular weight excluding hydrogens is 412 g/mol. The lowest BCUT2D eigenvalue weighted by molar-refractivity contribution is -0.115. The fraction of sp³-hybridized carbons (Fsp3) is 0.350. The summed E-state index contributed by atoms with van der Waals surface area (Å²) in [7, 11) is 0.